The molecule has 1 atom stereocenters. The van der Waals surface area contributed by atoms with Crippen LogP contribution in [0.3, 0.4) is 0 Å². The molecule has 1 heterocycles. The first-order chi connectivity index (χ1) is 8.56. The number of nitrogens with two attached hydrogens (primary N) is 1. The highest BCUT2D eigenvalue weighted by Gasteiger charge is 2.11. The molecule has 0 saturated carbocycles. The van der Waals surface area contributed by atoms with Crippen molar-refractivity contribution >= 4 is 5.69 Å². The lowest BCUT2D eigenvalue weighted by Gasteiger charge is -2.14. The minimum absolute atomic E-state index is 0.489. The second kappa shape index (κ2) is 5.19. The smallest absolute Gasteiger partial charge is 0.0831 e. The van der Waals surface area contributed by atoms with Crippen molar-refractivity contribution in [2.45, 2.75) is 26.4 Å². The van der Waals surface area contributed by atoms with Crippen molar-refractivity contribution in [2.75, 3.05) is 5.73 Å². The van der Waals surface area contributed by atoms with Crippen molar-refractivity contribution < 1.29 is 5.11 Å². The van der Waals surface area contributed by atoms with Crippen LogP contribution in [-0.2, 0) is 6.42 Å². The van der Waals surface area contributed by atoms with Crippen LogP contribution in [0.25, 0.3) is 0 Å². The molecular formula is C15H18N2O. The molecule has 0 spiro atoms. The highest BCUT2D eigenvalue weighted by atomic mass is 16.3. The van der Waals surface area contributed by atoms with Crippen molar-refractivity contribution in [3.8, 4) is 0 Å². The van der Waals surface area contributed by atoms with Gasteiger partial charge in [0.2, 0.25) is 0 Å². The van der Waals surface area contributed by atoms with E-state index in [0.717, 1.165) is 22.3 Å². The van der Waals surface area contributed by atoms with Crippen molar-refractivity contribution in [3.63, 3.8) is 0 Å². The van der Waals surface area contributed by atoms with E-state index >= 15 is 0 Å². The summed E-state index contributed by atoms with van der Waals surface area (Å²) >= 11 is 0. The van der Waals surface area contributed by atoms with Crippen LogP contribution in [0, 0.1) is 13.8 Å². The average Bonchev–Trinajstić information content (AvgIpc) is 2.31. The van der Waals surface area contributed by atoms with Crippen LogP contribution in [0.2, 0.25) is 0 Å². The number of benzene rings is 1. The summed E-state index contributed by atoms with van der Waals surface area (Å²) in [5.41, 5.74) is 10.6. The first kappa shape index (κ1) is 12.6. The Kier molecular flexibility index (Phi) is 3.63. The highest BCUT2D eigenvalue weighted by Crippen LogP contribution is 2.22. The van der Waals surface area contributed by atoms with Gasteiger partial charge in [0.05, 0.1) is 6.10 Å². The number of aromatic nitrogens is 1. The summed E-state index contributed by atoms with van der Waals surface area (Å²) in [5.74, 6) is 0. The molecule has 2 aromatic rings. The van der Waals surface area contributed by atoms with Gasteiger partial charge in [0.15, 0.2) is 0 Å². The molecule has 18 heavy (non-hydrogen) atoms. The van der Waals surface area contributed by atoms with E-state index < -0.39 is 6.10 Å². The Morgan fingerprint density at radius 2 is 1.89 bits per heavy atom. The predicted molar refractivity (Wildman–Crippen MR) is 73.2 cm³/mol. The lowest BCUT2D eigenvalue weighted by molar-refractivity contribution is 0.178. The van der Waals surface area contributed by atoms with Gasteiger partial charge in [0, 0.05) is 24.5 Å². The molecular weight excluding hydrogens is 224 g/mol. The largest absolute Gasteiger partial charge is 0.398 e. The molecule has 0 saturated heterocycles. The van der Waals surface area contributed by atoms with E-state index in [2.05, 4.69) is 11.1 Å². The van der Waals surface area contributed by atoms with Crippen LogP contribution < -0.4 is 5.73 Å². The molecule has 0 aliphatic heterocycles. The summed E-state index contributed by atoms with van der Waals surface area (Å²) < 4.78 is 0. The quantitative estimate of drug-likeness (QED) is 0.869. The molecule has 3 nitrogen and oxygen atoms in total. The van der Waals surface area contributed by atoms with Crippen molar-refractivity contribution in [2.24, 2.45) is 0 Å². The molecule has 1 unspecified atom stereocenters. The van der Waals surface area contributed by atoms with Gasteiger partial charge in [-0.25, -0.2) is 0 Å². The van der Waals surface area contributed by atoms with Crippen LogP contribution in [0.15, 0.2) is 36.7 Å². The van der Waals surface area contributed by atoms with Crippen LogP contribution >= 0.6 is 0 Å². The van der Waals surface area contributed by atoms with E-state index in [4.69, 9.17) is 5.73 Å². The van der Waals surface area contributed by atoms with Crippen LogP contribution in [0.1, 0.15) is 28.4 Å². The number of hydrogen-bond donors (Lipinski definition) is 2. The molecule has 3 heteroatoms. The maximum absolute atomic E-state index is 10.3. The van der Waals surface area contributed by atoms with E-state index in [1.54, 1.807) is 18.5 Å². The molecule has 0 aliphatic rings. The molecule has 1 aromatic carbocycles. The molecule has 2 rings (SSSR count). The third-order valence-electron chi connectivity index (χ3n) is 2.98. The van der Waals surface area contributed by atoms with Gasteiger partial charge in [-0.15, -0.1) is 0 Å². The first-order valence-electron chi connectivity index (χ1n) is 6.01. The Bertz CT molecular complexity index is 532. The fourth-order valence-electron chi connectivity index (χ4n) is 2.14. The van der Waals surface area contributed by atoms with Gasteiger partial charge >= 0.3 is 0 Å². The van der Waals surface area contributed by atoms with Crippen molar-refractivity contribution in [1.29, 1.82) is 0 Å². The zero-order valence-electron chi connectivity index (χ0n) is 10.7. The Morgan fingerprint density at radius 3 is 2.50 bits per heavy atom. The summed E-state index contributed by atoms with van der Waals surface area (Å²) in [6.45, 7) is 4.06. The third kappa shape index (κ3) is 2.87. The Morgan fingerprint density at radius 1 is 1.22 bits per heavy atom. The van der Waals surface area contributed by atoms with E-state index in [-0.39, 0.29) is 0 Å². The fraction of sp³-hybridized carbons (Fsp3) is 0.267. The monoisotopic (exact) mass is 242 g/mol. The van der Waals surface area contributed by atoms with Gasteiger partial charge < -0.3 is 10.8 Å². The summed E-state index contributed by atoms with van der Waals surface area (Å²) in [4.78, 5) is 4.04. The van der Waals surface area contributed by atoms with E-state index in [0.29, 0.717) is 12.1 Å². The van der Waals surface area contributed by atoms with Crippen molar-refractivity contribution in [3.05, 3.63) is 58.9 Å². The number of hydrogen-bond acceptors (Lipinski definition) is 3. The minimum Gasteiger partial charge on any atom is -0.398 e. The fourth-order valence-corrected chi connectivity index (χ4v) is 2.14. The SMILES string of the molecule is Cc1cc(C)cc(C(O)Cc2cnccc2N)c1. The van der Waals surface area contributed by atoms with Crippen molar-refractivity contribution in [1.82, 2.24) is 4.98 Å². The number of nitrogen functional groups attached to an aromatic ring is 1. The zero-order valence-corrected chi connectivity index (χ0v) is 10.7. The summed E-state index contributed by atoms with van der Waals surface area (Å²) in [6.07, 6.45) is 3.31. The van der Waals surface area contributed by atoms with Crippen LogP contribution in [0.4, 0.5) is 5.69 Å². The number of aliphatic hydroxyl groups is 1. The summed E-state index contributed by atoms with van der Waals surface area (Å²) in [7, 11) is 0. The lowest BCUT2D eigenvalue weighted by atomic mass is 9.98. The number of nitrogens with zero attached hydrogens (tertiary/aromatic N) is 1. The van der Waals surface area contributed by atoms with Gasteiger partial charge in [0.1, 0.15) is 0 Å². The molecule has 0 amide bonds. The zero-order chi connectivity index (χ0) is 13.1. The van der Waals surface area contributed by atoms with Gasteiger partial charge in [0.25, 0.3) is 0 Å². The summed E-state index contributed by atoms with van der Waals surface area (Å²) in [5, 5.41) is 10.3. The number of aryl methyl sites for hydroxylation is 2. The molecule has 0 bridgehead atoms. The topological polar surface area (TPSA) is 59.1 Å². The second-order valence-electron chi connectivity index (χ2n) is 4.72. The number of rotatable bonds is 3. The molecule has 0 radical (unpaired) electrons. The third-order valence-corrected chi connectivity index (χ3v) is 2.98. The molecule has 0 aliphatic carbocycles. The number of pyridine rings is 1. The molecule has 1 aromatic heterocycles. The maximum atomic E-state index is 10.3. The predicted octanol–water partition coefficient (Wildman–Crippen LogP) is 2.56. The van der Waals surface area contributed by atoms with E-state index in [9.17, 15) is 5.11 Å². The maximum Gasteiger partial charge on any atom is 0.0831 e. The molecule has 3 N–H and O–H groups in total. The minimum atomic E-state index is -0.546. The first-order valence-corrected chi connectivity index (χ1v) is 6.01. The van der Waals surface area contributed by atoms with Crippen LogP contribution in [0.5, 0.6) is 0 Å². The number of anilines is 1. The van der Waals surface area contributed by atoms with E-state index in [1.807, 2.05) is 26.0 Å². The van der Waals surface area contributed by atoms with Gasteiger partial charge in [-0.3, -0.25) is 4.98 Å². The Balaban J connectivity index is 2.22. The summed E-state index contributed by atoms with van der Waals surface area (Å²) in [6, 6.07) is 7.85. The normalized spacial score (nSPS) is 12.4. The van der Waals surface area contributed by atoms with Gasteiger partial charge in [-0.1, -0.05) is 29.3 Å². The van der Waals surface area contributed by atoms with Gasteiger partial charge in [-0.2, -0.15) is 0 Å². The molecule has 94 valence electrons. The Hall–Kier alpha value is -1.87. The lowest BCUT2D eigenvalue weighted by Crippen LogP contribution is -2.05. The van der Waals surface area contributed by atoms with Gasteiger partial charge in [-0.05, 0) is 31.0 Å². The van der Waals surface area contributed by atoms with Crippen LogP contribution in [-0.4, -0.2) is 10.1 Å². The number of aliphatic hydroxyl groups excluding tert-OH is 1. The average molecular weight is 242 g/mol. The second-order valence-corrected chi connectivity index (χ2v) is 4.72. The standard InChI is InChI=1S/C15H18N2O/c1-10-5-11(2)7-12(6-10)15(18)8-13-9-17-4-3-14(13)16/h3-7,9,15,18H,8H2,1-2H3,(H2,16,17). The van der Waals surface area contributed by atoms with E-state index in [1.165, 1.54) is 0 Å². The highest BCUT2D eigenvalue weighted by molar-refractivity contribution is 5.45. The Labute approximate surface area is 107 Å². The molecule has 0 fully saturated rings.